The predicted octanol–water partition coefficient (Wildman–Crippen LogP) is 0.501. The zero-order valence-corrected chi connectivity index (χ0v) is 13.3. The number of aromatic nitrogens is 1. The van der Waals surface area contributed by atoms with Crippen molar-refractivity contribution in [3.63, 3.8) is 0 Å². The van der Waals surface area contributed by atoms with Crippen molar-refractivity contribution in [1.82, 2.24) is 9.88 Å². The summed E-state index contributed by atoms with van der Waals surface area (Å²) >= 11 is 0. The summed E-state index contributed by atoms with van der Waals surface area (Å²) in [6.45, 7) is 0.613. The summed E-state index contributed by atoms with van der Waals surface area (Å²) in [6.07, 6.45) is 0. The van der Waals surface area contributed by atoms with Crippen LogP contribution in [0.25, 0.3) is 5.69 Å². The Morgan fingerprint density at radius 3 is 2.76 bits per heavy atom. The molecule has 3 rings (SSSR count). The van der Waals surface area contributed by atoms with Gasteiger partial charge in [0.05, 0.1) is 29.1 Å². The van der Waals surface area contributed by atoms with Crippen molar-refractivity contribution in [2.75, 3.05) is 31.3 Å². The summed E-state index contributed by atoms with van der Waals surface area (Å²) in [6, 6.07) is 5.13. The first-order valence-electron chi connectivity index (χ1n) is 7.38. The molecular formula is C16H15FN4O4. The molecule has 0 aliphatic carbocycles. The number of fused-ring (bicyclic) bond motifs is 1. The molecule has 0 unspecified atom stereocenters. The molecule has 1 aromatic heterocycles. The number of pyridine rings is 1. The smallest absolute Gasteiger partial charge is 0.262 e. The number of imide groups is 1. The lowest BCUT2D eigenvalue weighted by Crippen LogP contribution is -2.25. The van der Waals surface area contributed by atoms with Gasteiger partial charge in [-0.3, -0.25) is 24.3 Å². The molecule has 0 saturated heterocycles. The minimum atomic E-state index is -0.698. The molecule has 1 aromatic carbocycles. The Morgan fingerprint density at radius 2 is 2.04 bits per heavy atom. The van der Waals surface area contributed by atoms with Gasteiger partial charge in [-0.2, -0.15) is 0 Å². The molecule has 8 nitrogen and oxygen atoms in total. The van der Waals surface area contributed by atoms with Gasteiger partial charge in [0.1, 0.15) is 11.6 Å². The van der Waals surface area contributed by atoms with E-state index in [-0.39, 0.29) is 28.3 Å². The number of nitrogens with zero attached hydrogens (tertiary/aromatic N) is 1. The van der Waals surface area contributed by atoms with Crippen LogP contribution in [0.1, 0.15) is 20.7 Å². The molecule has 130 valence electrons. The Morgan fingerprint density at radius 1 is 1.28 bits per heavy atom. The zero-order valence-electron chi connectivity index (χ0n) is 13.3. The number of anilines is 2. The molecule has 0 spiro atoms. The molecule has 0 fully saturated rings. The van der Waals surface area contributed by atoms with E-state index in [0.717, 1.165) is 10.6 Å². The summed E-state index contributed by atoms with van der Waals surface area (Å²) in [4.78, 5) is 36.1. The number of nitrogens with two attached hydrogens (primary N) is 1. The van der Waals surface area contributed by atoms with Crippen molar-refractivity contribution in [2.45, 2.75) is 0 Å². The van der Waals surface area contributed by atoms with E-state index in [0.29, 0.717) is 13.2 Å². The number of amides is 2. The van der Waals surface area contributed by atoms with E-state index < -0.39 is 23.2 Å². The highest BCUT2D eigenvalue weighted by atomic mass is 19.1. The van der Waals surface area contributed by atoms with Crippen LogP contribution in [-0.2, 0) is 4.74 Å². The lowest BCUT2D eigenvalue weighted by molar-refractivity contribution is 0.0880. The monoisotopic (exact) mass is 346 g/mol. The molecule has 2 aromatic rings. The molecule has 9 heteroatoms. The second kappa shape index (κ2) is 6.36. The van der Waals surface area contributed by atoms with E-state index in [1.807, 2.05) is 0 Å². The number of hydrogen-bond donors (Lipinski definition) is 3. The second-order valence-corrected chi connectivity index (χ2v) is 5.33. The maximum Gasteiger partial charge on any atom is 0.262 e. The van der Waals surface area contributed by atoms with Gasteiger partial charge in [-0.05, 0) is 12.1 Å². The molecular weight excluding hydrogens is 331 g/mol. The van der Waals surface area contributed by atoms with Gasteiger partial charge in [0, 0.05) is 19.7 Å². The van der Waals surface area contributed by atoms with Crippen molar-refractivity contribution < 1.29 is 18.7 Å². The van der Waals surface area contributed by atoms with Crippen LogP contribution in [0.5, 0.6) is 0 Å². The number of rotatable bonds is 5. The van der Waals surface area contributed by atoms with Gasteiger partial charge in [-0.1, -0.05) is 6.07 Å². The molecule has 25 heavy (non-hydrogen) atoms. The Kier molecular flexibility index (Phi) is 4.24. The fourth-order valence-corrected chi connectivity index (χ4v) is 2.68. The van der Waals surface area contributed by atoms with Crippen LogP contribution >= 0.6 is 0 Å². The summed E-state index contributed by atoms with van der Waals surface area (Å²) in [7, 11) is 1.50. The molecule has 2 heterocycles. The summed E-state index contributed by atoms with van der Waals surface area (Å²) in [5, 5.41) is 4.92. The van der Waals surface area contributed by atoms with Crippen molar-refractivity contribution in [1.29, 1.82) is 0 Å². The number of para-hydroxylation sites is 1. The molecule has 0 bridgehead atoms. The highest BCUT2D eigenvalue weighted by Crippen LogP contribution is 2.28. The Bertz CT molecular complexity index is 938. The highest BCUT2D eigenvalue weighted by molar-refractivity contribution is 6.23. The average Bonchev–Trinajstić information content (AvgIpc) is 2.84. The standard InChI is InChI=1S/C16H15FN4O4/c1-25-6-5-19-13-9(17)3-2-4-10(13)21-11(22)7-8-12(14(21)18)16(24)20-15(8)23/h2-4,7,19H,5-6,18H2,1H3,(H,20,23,24). The lowest BCUT2D eigenvalue weighted by atomic mass is 10.1. The van der Waals surface area contributed by atoms with Crippen LogP contribution in [0.3, 0.4) is 0 Å². The topological polar surface area (TPSA) is 115 Å². The maximum absolute atomic E-state index is 14.2. The summed E-state index contributed by atoms with van der Waals surface area (Å²) < 4.78 is 20.2. The number of carbonyl (C=O) groups is 2. The van der Waals surface area contributed by atoms with Crippen LogP contribution in [-0.4, -0.2) is 36.6 Å². The minimum Gasteiger partial charge on any atom is -0.384 e. The van der Waals surface area contributed by atoms with E-state index in [2.05, 4.69) is 10.6 Å². The van der Waals surface area contributed by atoms with Gasteiger partial charge in [-0.15, -0.1) is 0 Å². The number of methoxy groups -OCH3 is 1. The molecule has 2 amide bonds. The Hall–Kier alpha value is -3.20. The van der Waals surface area contributed by atoms with Crippen LogP contribution in [0.15, 0.2) is 29.1 Å². The third-order valence-electron chi connectivity index (χ3n) is 3.79. The van der Waals surface area contributed by atoms with Gasteiger partial charge in [0.15, 0.2) is 0 Å². The fraction of sp³-hybridized carbons (Fsp3) is 0.188. The largest absolute Gasteiger partial charge is 0.384 e. The quantitative estimate of drug-likeness (QED) is 0.536. The number of ether oxygens (including phenoxy) is 1. The summed E-state index contributed by atoms with van der Waals surface area (Å²) in [5.41, 5.74) is 5.30. The van der Waals surface area contributed by atoms with Crippen LogP contribution in [0.4, 0.5) is 15.9 Å². The van der Waals surface area contributed by atoms with Crippen molar-refractivity contribution >= 4 is 23.3 Å². The molecule has 1 aliphatic heterocycles. The SMILES string of the molecule is COCCNc1c(F)cccc1-n1c(N)c2c(cc1=O)C(=O)NC2=O. The van der Waals surface area contributed by atoms with Crippen LogP contribution in [0, 0.1) is 5.82 Å². The Balaban J connectivity index is 2.20. The third kappa shape index (κ3) is 2.74. The van der Waals surface area contributed by atoms with Crippen molar-refractivity contribution in [2.24, 2.45) is 0 Å². The maximum atomic E-state index is 14.2. The lowest BCUT2D eigenvalue weighted by Gasteiger charge is -2.17. The van der Waals surface area contributed by atoms with Crippen LogP contribution in [0.2, 0.25) is 0 Å². The zero-order chi connectivity index (χ0) is 18.1. The molecule has 0 atom stereocenters. The summed E-state index contributed by atoms with van der Waals surface area (Å²) in [5.74, 6) is -2.21. The van der Waals surface area contributed by atoms with Gasteiger partial charge in [0.2, 0.25) is 0 Å². The first kappa shape index (κ1) is 16.7. The number of carbonyl (C=O) groups excluding carboxylic acids is 2. The number of halogens is 1. The van der Waals surface area contributed by atoms with E-state index in [9.17, 15) is 18.8 Å². The van der Waals surface area contributed by atoms with Crippen molar-refractivity contribution in [3.05, 3.63) is 51.6 Å². The number of hydrogen-bond acceptors (Lipinski definition) is 6. The molecule has 1 aliphatic rings. The number of benzene rings is 1. The molecule has 4 N–H and O–H groups in total. The van der Waals surface area contributed by atoms with E-state index in [4.69, 9.17) is 10.5 Å². The molecule has 0 radical (unpaired) electrons. The van der Waals surface area contributed by atoms with E-state index >= 15 is 0 Å². The van der Waals surface area contributed by atoms with Crippen molar-refractivity contribution in [3.8, 4) is 5.69 Å². The normalized spacial score (nSPS) is 12.9. The third-order valence-corrected chi connectivity index (χ3v) is 3.79. The fourth-order valence-electron chi connectivity index (χ4n) is 2.68. The average molecular weight is 346 g/mol. The van der Waals surface area contributed by atoms with Gasteiger partial charge in [0.25, 0.3) is 17.4 Å². The van der Waals surface area contributed by atoms with E-state index in [1.54, 1.807) is 0 Å². The first-order valence-corrected chi connectivity index (χ1v) is 7.38. The number of nitrogens with one attached hydrogen (secondary N) is 2. The number of nitrogen functional groups attached to an aromatic ring is 1. The van der Waals surface area contributed by atoms with E-state index in [1.165, 1.54) is 25.3 Å². The van der Waals surface area contributed by atoms with Gasteiger partial charge in [-0.25, -0.2) is 4.39 Å². The minimum absolute atomic E-state index is 0.0398. The van der Waals surface area contributed by atoms with Gasteiger partial charge >= 0.3 is 0 Å². The van der Waals surface area contributed by atoms with Gasteiger partial charge < -0.3 is 15.8 Å². The molecule has 0 saturated carbocycles. The first-order chi connectivity index (χ1) is 12.0. The predicted molar refractivity (Wildman–Crippen MR) is 88.6 cm³/mol. The van der Waals surface area contributed by atoms with Crippen LogP contribution < -0.4 is 21.9 Å². The Labute approximate surface area is 141 Å². The second-order valence-electron chi connectivity index (χ2n) is 5.33. The highest BCUT2D eigenvalue weighted by Gasteiger charge is 2.32.